The fourth-order valence-corrected chi connectivity index (χ4v) is 2.13. The van der Waals surface area contributed by atoms with Gasteiger partial charge in [0.15, 0.2) is 5.78 Å². The van der Waals surface area contributed by atoms with Crippen LogP contribution in [-0.4, -0.2) is 22.6 Å². The standard InChI is InChI=1S/C13H15NO2/c1-10(15)12-7-8-13(16)14(12)9-11-5-3-2-4-6-11/h2-6,12H,7-9H2,1H3. The molecule has 3 heteroatoms. The highest BCUT2D eigenvalue weighted by Gasteiger charge is 2.33. The SMILES string of the molecule is CC(=O)C1CCC(=O)N1Cc1ccccc1. The lowest BCUT2D eigenvalue weighted by molar-refractivity contribution is -0.134. The van der Waals surface area contributed by atoms with E-state index in [9.17, 15) is 9.59 Å². The zero-order valence-electron chi connectivity index (χ0n) is 9.35. The summed E-state index contributed by atoms with van der Waals surface area (Å²) in [5.74, 6) is 0.172. The fraction of sp³-hybridized carbons (Fsp3) is 0.385. The highest BCUT2D eigenvalue weighted by molar-refractivity contribution is 5.90. The first-order valence-corrected chi connectivity index (χ1v) is 5.52. The maximum atomic E-state index is 11.7. The molecule has 1 aromatic carbocycles. The number of carbonyl (C=O) groups excluding carboxylic acids is 2. The molecular weight excluding hydrogens is 202 g/mol. The molecule has 0 bridgehead atoms. The molecule has 1 fully saturated rings. The number of carbonyl (C=O) groups is 2. The molecule has 1 saturated heterocycles. The van der Waals surface area contributed by atoms with Gasteiger partial charge in [0.25, 0.3) is 0 Å². The Balaban J connectivity index is 2.13. The number of benzene rings is 1. The molecule has 0 N–H and O–H groups in total. The molecule has 84 valence electrons. The van der Waals surface area contributed by atoms with Crippen LogP contribution in [0.15, 0.2) is 30.3 Å². The Morgan fingerprint density at radius 2 is 2.06 bits per heavy atom. The number of hydrogen-bond acceptors (Lipinski definition) is 2. The average molecular weight is 217 g/mol. The molecule has 1 amide bonds. The van der Waals surface area contributed by atoms with Crippen molar-refractivity contribution in [2.75, 3.05) is 0 Å². The van der Waals surface area contributed by atoms with Gasteiger partial charge in [0.05, 0.1) is 6.04 Å². The van der Waals surface area contributed by atoms with Crippen LogP contribution in [0.2, 0.25) is 0 Å². The Hall–Kier alpha value is -1.64. The lowest BCUT2D eigenvalue weighted by Crippen LogP contribution is -2.36. The zero-order valence-corrected chi connectivity index (χ0v) is 9.35. The van der Waals surface area contributed by atoms with Crippen LogP contribution >= 0.6 is 0 Å². The van der Waals surface area contributed by atoms with Crippen molar-refractivity contribution in [3.05, 3.63) is 35.9 Å². The van der Waals surface area contributed by atoms with E-state index >= 15 is 0 Å². The molecule has 1 aliphatic rings. The van der Waals surface area contributed by atoms with Crippen molar-refractivity contribution in [2.45, 2.75) is 32.4 Å². The summed E-state index contributed by atoms with van der Waals surface area (Å²) in [5, 5.41) is 0. The third-order valence-corrected chi connectivity index (χ3v) is 2.99. The van der Waals surface area contributed by atoms with Crippen LogP contribution < -0.4 is 0 Å². The Morgan fingerprint density at radius 1 is 1.38 bits per heavy atom. The summed E-state index contributed by atoms with van der Waals surface area (Å²) >= 11 is 0. The largest absolute Gasteiger partial charge is 0.328 e. The number of Topliss-reactive ketones (excluding diaryl/α,β-unsaturated/α-hetero) is 1. The van der Waals surface area contributed by atoms with Crippen LogP contribution in [0.5, 0.6) is 0 Å². The van der Waals surface area contributed by atoms with Crippen molar-refractivity contribution in [1.82, 2.24) is 4.90 Å². The Morgan fingerprint density at radius 3 is 2.69 bits per heavy atom. The van der Waals surface area contributed by atoms with Crippen LogP contribution in [-0.2, 0) is 16.1 Å². The highest BCUT2D eigenvalue weighted by Crippen LogP contribution is 2.21. The molecule has 0 spiro atoms. The molecule has 1 unspecified atom stereocenters. The molecule has 1 aliphatic heterocycles. The van der Waals surface area contributed by atoms with Crippen molar-refractivity contribution >= 4 is 11.7 Å². The zero-order chi connectivity index (χ0) is 11.5. The molecule has 1 aromatic rings. The third-order valence-electron chi connectivity index (χ3n) is 2.99. The van der Waals surface area contributed by atoms with Crippen molar-refractivity contribution in [3.63, 3.8) is 0 Å². The topological polar surface area (TPSA) is 37.4 Å². The van der Waals surface area contributed by atoms with Crippen molar-refractivity contribution in [3.8, 4) is 0 Å². The summed E-state index contributed by atoms with van der Waals surface area (Å²) in [6, 6.07) is 9.56. The smallest absolute Gasteiger partial charge is 0.223 e. The van der Waals surface area contributed by atoms with Gasteiger partial charge in [0.1, 0.15) is 0 Å². The van der Waals surface area contributed by atoms with Gasteiger partial charge >= 0.3 is 0 Å². The predicted octanol–water partition coefficient (Wildman–Crippen LogP) is 1.77. The highest BCUT2D eigenvalue weighted by atomic mass is 16.2. The molecule has 1 atom stereocenters. The van der Waals surface area contributed by atoms with Crippen molar-refractivity contribution in [1.29, 1.82) is 0 Å². The molecule has 1 heterocycles. The third kappa shape index (κ3) is 2.13. The quantitative estimate of drug-likeness (QED) is 0.773. The second-order valence-electron chi connectivity index (χ2n) is 4.17. The van der Waals surface area contributed by atoms with Crippen LogP contribution in [0, 0.1) is 0 Å². The number of amides is 1. The summed E-state index contributed by atoms with van der Waals surface area (Å²) < 4.78 is 0. The van der Waals surface area contributed by atoms with E-state index in [0.717, 1.165) is 5.56 Å². The molecule has 0 aromatic heterocycles. The van der Waals surface area contributed by atoms with E-state index in [1.807, 2.05) is 30.3 Å². The monoisotopic (exact) mass is 217 g/mol. The Kier molecular flexibility index (Phi) is 3.04. The van der Waals surface area contributed by atoms with Gasteiger partial charge in [-0.2, -0.15) is 0 Å². The second kappa shape index (κ2) is 4.47. The molecule has 2 rings (SSSR count). The predicted molar refractivity (Wildman–Crippen MR) is 60.7 cm³/mol. The number of likely N-dealkylation sites (tertiary alicyclic amines) is 1. The Labute approximate surface area is 95.1 Å². The van der Waals surface area contributed by atoms with E-state index in [4.69, 9.17) is 0 Å². The summed E-state index contributed by atoms with van der Waals surface area (Å²) in [6.07, 6.45) is 1.16. The second-order valence-corrected chi connectivity index (χ2v) is 4.17. The van der Waals surface area contributed by atoms with E-state index in [1.165, 1.54) is 0 Å². The van der Waals surface area contributed by atoms with E-state index in [0.29, 0.717) is 19.4 Å². The maximum Gasteiger partial charge on any atom is 0.223 e. The van der Waals surface area contributed by atoms with Crippen LogP contribution in [0.25, 0.3) is 0 Å². The summed E-state index contributed by atoms with van der Waals surface area (Å²) in [4.78, 5) is 24.8. The Bertz CT molecular complexity index is 400. The van der Waals surface area contributed by atoms with E-state index in [-0.39, 0.29) is 17.7 Å². The first-order valence-electron chi connectivity index (χ1n) is 5.52. The number of nitrogens with zero attached hydrogens (tertiary/aromatic N) is 1. The van der Waals surface area contributed by atoms with Gasteiger partial charge in [-0.15, -0.1) is 0 Å². The fourth-order valence-electron chi connectivity index (χ4n) is 2.13. The number of ketones is 1. The minimum Gasteiger partial charge on any atom is -0.328 e. The van der Waals surface area contributed by atoms with Gasteiger partial charge in [-0.3, -0.25) is 9.59 Å². The lowest BCUT2D eigenvalue weighted by Gasteiger charge is -2.22. The maximum absolute atomic E-state index is 11.7. The first-order chi connectivity index (χ1) is 7.68. The van der Waals surface area contributed by atoms with E-state index < -0.39 is 0 Å². The first kappa shape index (κ1) is 10.9. The van der Waals surface area contributed by atoms with Crippen LogP contribution in [0.1, 0.15) is 25.3 Å². The summed E-state index contributed by atoms with van der Waals surface area (Å²) in [6.45, 7) is 2.10. The van der Waals surface area contributed by atoms with E-state index in [2.05, 4.69) is 0 Å². The lowest BCUT2D eigenvalue weighted by atomic mass is 10.1. The van der Waals surface area contributed by atoms with Gasteiger partial charge in [-0.1, -0.05) is 30.3 Å². The van der Waals surface area contributed by atoms with E-state index in [1.54, 1.807) is 11.8 Å². The van der Waals surface area contributed by atoms with Gasteiger partial charge in [-0.05, 0) is 18.9 Å². The minimum atomic E-state index is -0.215. The van der Waals surface area contributed by atoms with Crippen LogP contribution in [0.3, 0.4) is 0 Å². The van der Waals surface area contributed by atoms with Gasteiger partial charge < -0.3 is 4.90 Å². The normalized spacial score (nSPS) is 20.2. The van der Waals surface area contributed by atoms with Crippen molar-refractivity contribution in [2.24, 2.45) is 0 Å². The average Bonchev–Trinajstić information content (AvgIpc) is 2.62. The minimum absolute atomic E-state index is 0.0850. The van der Waals surface area contributed by atoms with Crippen molar-refractivity contribution < 1.29 is 9.59 Å². The van der Waals surface area contributed by atoms with Crippen LogP contribution in [0.4, 0.5) is 0 Å². The summed E-state index contributed by atoms with van der Waals surface area (Å²) in [5.41, 5.74) is 1.07. The van der Waals surface area contributed by atoms with Gasteiger partial charge in [0, 0.05) is 13.0 Å². The summed E-state index contributed by atoms with van der Waals surface area (Å²) in [7, 11) is 0. The van der Waals surface area contributed by atoms with Gasteiger partial charge in [0.2, 0.25) is 5.91 Å². The number of hydrogen-bond donors (Lipinski definition) is 0. The molecular formula is C13H15NO2. The number of rotatable bonds is 3. The molecule has 0 saturated carbocycles. The molecule has 3 nitrogen and oxygen atoms in total. The molecule has 0 radical (unpaired) electrons. The van der Waals surface area contributed by atoms with Gasteiger partial charge in [-0.25, -0.2) is 0 Å². The molecule has 16 heavy (non-hydrogen) atoms. The molecule has 0 aliphatic carbocycles.